The molecule has 0 bridgehead atoms. The van der Waals surface area contributed by atoms with Crippen LogP contribution in [0, 0.1) is 0 Å². The van der Waals surface area contributed by atoms with Gasteiger partial charge in [0.05, 0.1) is 12.0 Å². The third-order valence-corrected chi connectivity index (χ3v) is 5.01. The van der Waals surface area contributed by atoms with Crippen molar-refractivity contribution in [3.8, 4) is 11.4 Å². The Kier molecular flexibility index (Phi) is 4.88. The maximum Gasteiger partial charge on any atom is 0.234 e. The Bertz CT molecular complexity index is 1070. The summed E-state index contributed by atoms with van der Waals surface area (Å²) < 4.78 is 7.35. The van der Waals surface area contributed by atoms with Crippen LogP contribution in [0.15, 0.2) is 64.6 Å². The maximum absolute atomic E-state index is 12.3. The topological polar surface area (TPSA) is 85.8 Å². The molecule has 8 heteroatoms. The lowest BCUT2D eigenvalue weighted by atomic mass is 10.2. The predicted octanol–water partition coefficient (Wildman–Crippen LogP) is 3.84. The summed E-state index contributed by atoms with van der Waals surface area (Å²) in [7, 11) is 0. The molecular weight excluding hydrogens is 362 g/mol. The highest BCUT2D eigenvalue weighted by molar-refractivity contribution is 7.99. The molecule has 0 aliphatic rings. The molecule has 1 aromatic carbocycles. The zero-order valence-electron chi connectivity index (χ0n) is 14.6. The fourth-order valence-electron chi connectivity index (χ4n) is 2.75. The molecule has 0 saturated carbocycles. The molecule has 4 aromatic rings. The van der Waals surface area contributed by atoms with Gasteiger partial charge in [-0.15, -0.1) is 10.2 Å². The first kappa shape index (κ1) is 17.3. The minimum atomic E-state index is -0.109. The second-order valence-corrected chi connectivity index (χ2v) is 6.74. The monoisotopic (exact) mass is 379 g/mol. The van der Waals surface area contributed by atoms with Gasteiger partial charge in [-0.05, 0) is 37.3 Å². The number of hydrogen-bond donors (Lipinski definition) is 1. The van der Waals surface area contributed by atoms with Crippen LogP contribution >= 0.6 is 11.8 Å². The normalized spacial score (nSPS) is 11.0. The first-order valence-electron chi connectivity index (χ1n) is 8.48. The standard InChI is InChI=1S/C19H17N5O2S/c1-2-24-18(14-5-8-20-9-6-14)22-23-19(24)27-12-17(25)21-15-4-3-13-7-10-26-16(13)11-15/h3-11H,2,12H2,1H3,(H,21,25). The van der Waals surface area contributed by atoms with Crippen LogP contribution in [-0.2, 0) is 11.3 Å². The fraction of sp³-hybridized carbons (Fsp3) is 0.158. The Morgan fingerprint density at radius 2 is 2.04 bits per heavy atom. The van der Waals surface area contributed by atoms with E-state index in [2.05, 4.69) is 20.5 Å². The SMILES string of the molecule is CCn1c(SCC(=O)Nc2ccc3ccoc3c2)nnc1-c1ccncc1. The van der Waals surface area contributed by atoms with E-state index in [1.807, 2.05) is 47.9 Å². The molecule has 3 heterocycles. The van der Waals surface area contributed by atoms with E-state index in [1.165, 1.54) is 11.8 Å². The summed E-state index contributed by atoms with van der Waals surface area (Å²) in [6.45, 7) is 2.74. The second-order valence-electron chi connectivity index (χ2n) is 5.80. The molecule has 0 unspecified atom stereocenters. The molecule has 0 radical (unpaired) electrons. The molecule has 1 amide bonds. The van der Waals surface area contributed by atoms with Crippen molar-refractivity contribution < 1.29 is 9.21 Å². The fourth-order valence-corrected chi connectivity index (χ4v) is 3.56. The molecule has 0 fully saturated rings. The van der Waals surface area contributed by atoms with Crippen molar-refractivity contribution >= 4 is 34.3 Å². The number of rotatable bonds is 6. The lowest BCUT2D eigenvalue weighted by molar-refractivity contribution is -0.113. The third-order valence-electron chi connectivity index (χ3n) is 4.04. The number of fused-ring (bicyclic) bond motifs is 1. The Morgan fingerprint density at radius 3 is 2.85 bits per heavy atom. The minimum Gasteiger partial charge on any atom is -0.464 e. The summed E-state index contributed by atoms with van der Waals surface area (Å²) in [4.78, 5) is 16.3. The maximum atomic E-state index is 12.3. The van der Waals surface area contributed by atoms with Gasteiger partial charge in [0.15, 0.2) is 11.0 Å². The Morgan fingerprint density at radius 1 is 1.19 bits per heavy atom. The van der Waals surface area contributed by atoms with Crippen molar-refractivity contribution in [3.05, 3.63) is 55.1 Å². The molecule has 1 N–H and O–H groups in total. The second kappa shape index (κ2) is 7.63. The Hall–Kier alpha value is -3.13. The molecule has 0 spiro atoms. The number of anilines is 1. The number of amides is 1. The molecule has 0 saturated heterocycles. The summed E-state index contributed by atoms with van der Waals surface area (Å²) in [6.07, 6.45) is 5.07. The van der Waals surface area contributed by atoms with Crippen LogP contribution in [0.25, 0.3) is 22.4 Å². The van der Waals surface area contributed by atoms with E-state index >= 15 is 0 Å². The van der Waals surface area contributed by atoms with Crippen LogP contribution in [-0.4, -0.2) is 31.4 Å². The number of hydrogen-bond acceptors (Lipinski definition) is 6. The highest BCUT2D eigenvalue weighted by Gasteiger charge is 2.14. The van der Waals surface area contributed by atoms with Crippen molar-refractivity contribution in [2.75, 3.05) is 11.1 Å². The number of thioether (sulfide) groups is 1. The van der Waals surface area contributed by atoms with Gasteiger partial charge >= 0.3 is 0 Å². The van der Waals surface area contributed by atoms with Gasteiger partial charge in [-0.25, -0.2) is 0 Å². The average Bonchev–Trinajstić information content (AvgIpc) is 3.33. The van der Waals surface area contributed by atoms with Crippen LogP contribution in [0.2, 0.25) is 0 Å². The number of pyridine rings is 1. The average molecular weight is 379 g/mol. The van der Waals surface area contributed by atoms with Gasteiger partial charge in [0.1, 0.15) is 5.58 Å². The molecule has 0 aliphatic heterocycles. The van der Waals surface area contributed by atoms with E-state index in [-0.39, 0.29) is 11.7 Å². The molecule has 3 aromatic heterocycles. The van der Waals surface area contributed by atoms with Gasteiger partial charge in [-0.3, -0.25) is 9.78 Å². The summed E-state index contributed by atoms with van der Waals surface area (Å²) >= 11 is 1.36. The van der Waals surface area contributed by atoms with Crippen LogP contribution in [0.1, 0.15) is 6.92 Å². The summed E-state index contributed by atoms with van der Waals surface area (Å²) in [5, 5.41) is 13.1. The van der Waals surface area contributed by atoms with E-state index in [0.717, 1.165) is 22.4 Å². The number of nitrogens with zero attached hydrogens (tertiary/aromatic N) is 4. The van der Waals surface area contributed by atoms with Gasteiger partial charge in [0.2, 0.25) is 5.91 Å². The minimum absolute atomic E-state index is 0.109. The number of carbonyl (C=O) groups excluding carboxylic acids is 1. The lowest BCUT2D eigenvalue weighted by Crippen LogP contribution is -2.14. The summed E-state index contributed by atoms with van der Waals surface area (Å²) in [5.74, 6) is 0.901. The predicted molar refractivity (Wildman–Crippen MR) is 104 cm³/mol. The van der Waals surface area contributed by atoms with E-state index in [4.69, 9.17) is 4.42 Å². The van der Waals surface area contributed by atoms with E-state index in [0.29, 0.717) is 17.4 Å². The molecule has 4 rings (SSSR count). The lowest BCUT2D eigenvalue weighted by Gasteiger charge is -2.08. The van der Waals surface area contributed by atoms with Crippen molar-refractivity contribution in [3.63, 3.8) is 0 Å². The number of nitrogens with one attached hydrogen (secondary N) is 1. The Labute approximate surface area is 159 Å². The molecule has 0 atom stereocenters. The van der Waals surface area contributed by atoms with Crippen molar-refractivity contribution in [1.29, 1.82) is 0 Å². The number of aromatic nitrogens is 4. The van der Waals surface area contributed by atoms with Gasteiger partial charge in [0.25, 0.3) is 0 Å². The molecule has 136 valence electrons. The quantitative estimate of drug-likeness (QED) is 0.512. The highest BCUT2D eigenvalue weighted by atomic mass is 32.2. The van der Waals surface area contributed by atoms with Gasteiger partial charge in [-0.1, -0.05) is 11.8 Å². The van der Waals surface area contributed by atoms with E-state index < -0.39 is 0 Å². The number of furan rings is 1. The van der Waals surface area contributed by atoms with E-state index in [1.54, 1.807) is 18.7 Å². The van der Waals surface area contributed by atoms with Crippen LogP contribution in [0.5, 0.6) is 0 Å². The molecule has 0 aliphatic carbocycles. The number of carbonyl (C=O) groups is 1. The third kappa shape index (κ3) is 3.70. The van der Waals surface area contributed by atoms with Gasteiger partial charge in [-0.2, -0.15) is 0 Å². The summed E-state index contributed by atoms with van der Waals surface area (Å²) in [5.41, 5.74) is 2.40. The molecule has 27 heavy (non-hydrogen) atoms. The largest absolute Gasteiger partial charge is 0.464 e. The molecule has 7 nitrogen and oxygen atoms in total. The van der Waals surface area contributed by atoms with E-state index in [9.17, 15) is 4.79 Å². The number of benzene rings is 1. The zero-order chi connectivity index (χ0) is 18.6. The first-order valence-corrected chi connectivity index (χ1v) is 9.46. The van der Waals surface area contributed by atoms with Crippen molar-refractivity contribution in [2.45, 2.75) is 18.6 Å². The molecular formula is C19H17N5O2S. The summed E-state index contributed by atoms with van der Waals surface area (Å²) in [6, 6.07) is 11.2. The van der Waals surface area contributed by atoms with Crippen LogP contribution in [0.4, 0.5) is 5.69 Å². The Balaban J connectivity index is 1.43. The van der Waals surface area contributed by atoms with Gasteiger partial charge in [0, 0.05) is 41.6 Å². The zero-order valence-corrected chi connectivity index (χ0v) is 15.4. The smallest absolute Gasteiger partial charge is 0.234 e. The highest BCUT2D eigenvalue weighted by Crippen LogP contribution is 2.24. The van der Waals surface area contributed by atoms with Gasteiger partial charge < -0.3 is 14.3 Å². The van der Waals surface area contributed by atoms with Crippen LogP contribution in [0.3, 0.4) is 0 Å². The van der Waals surface area contributed by atoms with Crippen molar-refractivity contribution in [1.82, 2.24) is 19.7 Å². The van der Waals surface area contributed by atoms with Crippen LogP contribution < -0.4 is 5.32 Å². The first-order chi connectivity index (χ1) is 13.2. The van der Waals surface area contributed by atoms with Crippen molar-refractivity contribution in [2.24, 2.45) is 0 Å².